The van der Waals surface area contributed by atoms with Crippen LogP contribution in [-0.2, 0) is 50.9 Å². The fourth-order valence-electron chi connectivity index (χ4n) is 7.08. The first-order chi connectivity index (χ1) is 28.5. The molecule has 0 aliphatic heterocycles. The molecule has 12 nitrogen and oxygen atoms in total. The van der Waals surface area contributed by atoms with Gasteiger partial charge in [0, 0.05) is 41.1 Å². The summed E-state index contributed by atoms with van der Waals surface area (Å²) >= 11 is 12.9. The van der Waals surface area contributed by atoms with Crippen LogP contribution in [0.3, 0.4) is 0 Å². The van der Waals surface area contributed by atoms with Gasteiger partial charge in [0.2, 0.25) is 0 Å². The Morgan fingerprint density at radius 1 is 0.369 bits per heavy atom. The first-order valence-corrected chi connectivity index (χ1v) is 52.6. The predicted octanol–water partition coefficient (Wildman–Crippen LogP) is 14.1. The van der Waals surface area contributed by atoms with Crippen LogP contribution in [0.5, 0.6) is 0 Å². The zero-order chi connectivity index (χ0) is 50.1. The lowest BCUT2D eigenvalue weighted by Gasteiger charge is -2.41. The van der Waals surface area contributed by atoms with E-state index in [0.29, 0.717) is 12.7 Å². The van der Waals surface area contributed by atoms with Gasteiger partial charge < -0.3 is 50.9 Å². The molecule has 0 radical (unpaired) electrons. The van der Waals surface area contributed by atoms with Gasteiger partial charge in [-0.05, 0) is 172 Å². The molecule has 0 heterocycles. The fraction of sp³-hybridized carbons (Fsp3) is 1.00. The summed E-state index contributed by atoms with van der Waals surface area (Å²) in [5.41, 5.74) is 0. The standard InChI is InChI=1S/C13H34O7SSi3.C13H34O2SSi3.C12H34O3SSi4.2CH4/c1-8-9-11-18-24(16-4,17-5)20-22(6,7)19-23(14-2,15-3)13-10-12-21;1-8-9-12-17(2,3)14-19(6,7)15-18(4,5)13-10-11-16;1-17(2,3)13-19(7,8)15-20(9,12-10-11-16)14-18(4,5)6;;/h21H,8-13H2,1-7H3;16H,8-13H2,1-7H3;16H,10-12H2,1-9H3;2*1H4. The van der Waals surface area contributed by atoms with E-state index in [2.05, 4.69) is 150 Å². The van der Waals surface area contributed by atoms with E-state index in [4.69, 9.17) is 50.9 Å². The maximum absolute atomic E-state index is 6.55. The molecule has 0 aliphatic rings. The first-order valence-electron chi connectivity index (χ1n) is 23.1. The van der Waals surface area contributed by atoms with E-state index >= 15 is 0 Å². The molecule has 0 saturated heterocycles. The zero-order valence-electron chi connectivity index (χ0n) is 44.8. The Morgan fingerprint density at radius 3 is 1.11 bits per heavy atom. The van der Waals surface area contributed by atoms with E-state index in [1.54, 1.807) is 14.2 Å². The maximum atomic E-state index is 6.55. The van der Waals surface area contributed by atoms with Gasteiger partial charge >= 0.3 is 52.1 Å². The summed E-state index contributed by atoms with van der Waals surface area (Å²) in [6.45, 7) is 42.3. The normalized spacial score (nSPS) is 14.3. The van der Waals surface area contributed by atoms with E-state index in [-0.39, 0.29) is 14.9 Å². The minimum atomic E-state index is -3.24. The summed E-state index contributed by atoms with van der Waals surface area (Å²) in [6, 6.07) is 4.12. The second-order valence-corrected chi connectivity index (χ2v) is 60.1. The van der Waals surface area contributed by atoms with Crippen LogP contribution in [0.2, 0.25) is 135 Å². The van der Waals surface area contributed by atoms with Gasteiger partial charge in [0.25, 0.3) is 0 Å². The molecule has 0 aliphatic carbocycles. The van der Waals surface area contributed by atoms with E-state index in [1.807, 2.05) is 13.1 Å². The third-order valence-electron chi connectivity index (χ3n) is 8.75. The highest BCUT2D eigenvalue weighted by Gasteiger charge is 2.54. The number of thiol groups is 3. The van der Waals surface area contributed by atoms with Crippen molar-refractivity contribution in [2.75, 3.05) is 52.3 Å². The molecule has 0 amide bonds. The Bertz CT molecular complexity index is 1140. The highest BCUT2D eigenvalue weighted by molar-refractivity contribution is 7.80. The highest BCUT2D eigenvalue weighted by Crippen LogP contribution is 2.30. The predicted molar refractivity (Wildman–Crippen MR) is 317 cm³/mol. The van der Waals surface area contributed by atoms with E-state index in [0.717, 1.165) is 55.4 Å². The molecular weight excluding hydrogens is 1050 g/mol. The van der Waals surface area contributed by atoms with Crippen LogP contribution >= 0.6 is 37.9 Å². The molecule has 65 heavy (non-hydrogen) atoms. The van der Waals surface area contributed by atoms with Crippen LogP contribution < -0.4 is 0 Å². The lowest BCUT2D eigenvalue weighted by Crippen LogP contribution is -2.60. The molecule has 0 fully saturated rings. The number of hydrogen-bond donors (Lipinski definition) is 3. The monoisotopic (exact) mass is 1160 g/mol. The van der Waals surface area contributed by atoms with E-state index < -0.39 is 85.4 Å². The summed E-state index contributed by atoms with van der Waals surface area (Å²) in [5, 5.41) is 0. The number of unbranched alkanes of at least 4 members (excludes halogenated alkanes) is 2. The van der Waals surface area contributed by atoms with Crippen molar-refractivity contribution in [3.63, 3.8) is 0 Å². The van der Waals surface area contributed by atoms with Crippen molar-refractivity contribution < 1.29 is 50.9 Å². The van der Waals surface area contributed by atoms with Gasteiger partial charge in [-0.2, -0.15) is 37.9 Å². The SMILES string of the molecule is C.C.CCCCO[Si](OC)(OC)O[Si](C)(C)O[Si](CCCS)(OC)OC.CCCC[Si](C)(C)O[Si](C)(C)O[Si](C)(C)CCCS.C[Si](C)(C)O[Si](C)(C)O[Si](C)(CCCS)O[Si](C)(C)C. The minimum absolute atomic E-state index is 0. The van der Waals surface area contributed by atoms with E-state index in [1.165, 1.54) is 39.1 Å². The van der Waals surface area contributed by atoms with Crippen molar-refractivity contribution in [1.82, 2.24) is 0 Å². The molecule has 0 N–H and O–H groups in total. The van der Waals surface area contributed by atoms with Gasteiger partial charge in [-0.1, -0.05) is 48.0 Å². The van der Waals surface area contributed by atoms with Crippen molar-refractivity contribution >= 4 is 123 Å². The van der Waals surface area contributed by atoms with Crippen molar-refractivity contribution in [3.05, 3.63) is 0 Å². The number of rotatable bonds is 34. The third-order valence-corrected chi connectivity index (χ3v) is 44.7. The molecule has 0 rings (SSSR count). The smallest absolute Gasteiger partial charge is 0.437 e. The molecule has 0 saturated carbocycles. The van der Waals surface area contributed by atoms with Gasteiger partial charge in [-0.3, -0.25) is 0 Å². The average molecular weight is 1160 g/mol. The maximum Gasteiger partial charge on any atom is 0.670 e. The average Bonchev–Trinajstić information content (AvgIpc) is 3.11. The van der Waals surface area contributed by atoms with Gasteiger partial charge in [-0.15, -0.1) is 0 Å². The Labute approximate surface area is 432 Å². The second kappa shape index (κ2) is 35.8. The Hall–Kier alpha value is 2.74. The quantitative estimate of drug-likeness (QED) is 0.0324. The lowest BCUT2D eigenvalue weighted by molar-refractivity contribution is 0.0189. The van der Waals surface area contributed by atoms with Crippen LogP contribution in [0.25, 0.3) is 0 Å². The summed E-state index contributed by atoms with van der Waals surface area (Å²) in [4.78, 5) is 0. The van der Waals surface area contributed by atoms with Gasteiger partial charge in [0.15, 0.2) is 33.3 Å². The summed E-state index contributed by atoms with van der Waals surface area (Å²) in [6.07, 6.45) is 7.50. The Morgan fingerprint density at radius 2 is 0.738 bits per heavy atom. The van der Waals surface area contributed by atoms with Crippen LogP contribution in [-0.4, -0.2) is 138 Å². The second-order valence-electron chi connectivity index (χ2n) is 20.6. The molecule has 0 aromatic heterocycles. The van der Waals surface area contributed by atoms with Crippen molar-refractivity contribution in [1.29, 1.82) is 0 Å². The van der Waals surface area contributed by atoms with Crippen molar-refractivity contribution in [2.45, 2.75) is 209 Å². The molecular formula is C40H110O12S3Si10. The highest BCUT2D eigenvalue weighted by atomic mass is 32.1. The molecule has 0 bridgehead atoms. The van der Waals surface area contributed by atoms with Crippen molar-refractivity contribution in [3.8, 4) is 0 Å². The number of hydrogen-bond acceptors (Lipinski definition) is 15. The minimum Gasteiger partial charge on any atom is -0.437 e. The molecule has 0 aromatic rings. The van der Waals surface area contributed by atoms with Crippen LogP contribution in [0.4, 0.5) is 0 Å². The fourth-order valence-corrected chi connectivity index (χ4v) is 50.5. The summed E-state index contributed by atoms with van der Waals surface area (Å²) in [7, 11) is -15.1. The summed E-state index contributed by atoms with van der Waals surface area (Å²) < 4.78 is 72.8. The van der Waals surface area contributed by atoms with Crippen LogP contribution in [0.1, 0.15) is 73.6 Å². The molecule has 400 valence electrons. The molecule has 1 unspecified atom stereocenters. The first kappa shape index (κ1) is 76.7. The Kier molecular flexibility index (Phi) is 42.2. The van der Waals surface area contributed by atoms with Gasteiger partial charge in [-0.25, -0.2) is 0 Å². The molecule has 0 aromatic carbocycles. The molecule has 25 heteroatoms. The zero-order valence-corrected chi connectivity index (χ0v) is 57.5. The topological polar surface area (TPSA) is 111 Å². The van der Waals surface area contributed by atoms with E-state index in [9.17, 15) is 0 Å². The molecule has 0 spiro atoms. The Balaban J connectivity index is -0.000000275. The van der Waals surface area contributed by atoms with Gasteiger partial charge in [0.1, 0.15) is 0 Å². The third kappa shape index (κ3) is 40.9. The lowest BCUT2D eigenvalue weighted by atomic mass is 10.4. The van der Waals surface area contributed by atoms with Crippen LogP contribution in [0, 0.1) is 0 Å². The largest absolute Gasteiger partial charge is 0.670 e. The van der Waals surface area contributed by atoms with Crippen molar-refractivity contribution in [2.24, 2.45) is 0 Å². The van der Waals surface area contributed by atoms with Gasteiger partial charge in [0.05, 0.1) is 0 Å². The molecule has 1 atom stereocenters. The van der Waals surface area contributed by atoms with Crippen LogP contribution in [0.15, 0.2) is 0 Å². The summed E-state index contributed by atoms with van der Waals surface area (Å²) in [5.74, 6) is 2.58.